The zero-order valence-electron chi connectivity index (χ0n) is 29.4. The predicted molar refractivity (Wildman–Crippen MR) is 191 cm³/mol. The first-order chi connectivity index (χ1) is 22.4. The normalized spacial score (nSPS) is 11.2. The van der Waals surface area contributed by atoms with Gasteiger partial charge in [0.15, 0.2) is 0 Å². The van der Waals surface area contributed by atoms with Crippen molar-refractivity contribution in [2.24, 2.45) is 9.98 Å². The maximum atomic E-state index is 11.0. The van der Waals surface area contributed by atoms with Crippen LogP contribution in [0, 0.1) is 0 Å². The second kappa shape index (κ2) is 19.3. The number of aliphatic imine (C=N–C) groups is 2. The van der Waals surface area contributed by atoms with Gasteiger partial charge in [-0.15, -0.1) is 0 Å². The van der Waals surface area contributed by atoms with Gasteiger partial charge in [0.05, 0.1) is 13.1 Å². The molecule has 0 saturated heterocycles. The summed E-state index contributed by atoms with van der Waals surface area (Å²) in [5.41, 5.74) is 7.01. The van der Waals surface area contributed by atoms with Gasteiger partial charge in [0.25, 0.3) is 0 Å². The van der Waals surface area contributed by atoms with E-state index >= 15 is 0 Å². The molecule has 0 amide bonds. The Morgan fingerprint density at radius 1 is 0.592 bits per heavy atom. The quantitative estimate of drug-likeness (QED) is 0.176. The van der Waals surface area contributed by atoms with Gasteiger partial charge in [0.1, 0.15) is 11.5 Å². The molecule has 0 spiro atoms. The largest absolute Gasteiger partial charge is 2.00 e. The van der Waals surface area contributed by atoms with Gasteiger partial charge in [-0.05, 0) is 71.2 Å². The Morgan fingerprint density at radius 2 is 0.878 bits per heavy atom. The van der Waals surface area contributed by atoms with Gasteiger partial charge in [-0.25, -0.2) is 0 Å². The van der Waals surface area contributed by atoms with Crippen LogP contribution in [0.2, 0.25) is 0 Å². The molecule has 9 heteroatoms. The van der Waals surface area contributed by atoms with E-state index in [1.54, 1.807) is 12.4 Å². The van der Waals surface area contributed by atoms with Crippen molar-refractivity contribution in [3.63, 3.8) is 0 Å². The van der Waals surface area contributed by atoms with Crippen LogP contribution in [0.25, 0.3) is 22.3 Å². The second-order valence-corrected chi connectivity index (χ2v) is 13.2. The van der Waals surface area contributed by atoms with Crippen LogP contribution in [0.1, 0.15) is 77.6 Å². The van der Waals surface area contributed by atoms with Crippen molar-refractivity contribution in [1.82, 2.24) is 0 Å². The number of carboxylic acid groups (broad SMARTS) is 2. The van der Waals surface area contributed by atoms with Gasteiger partial charge in [-0.2, -0.15) is 0 Å². The summed E-state index contributed by atoms with van der Waals surface area (Å²) in [5, 5.41) is 39.9. The Balaban J connectivity index is 0.00000120. The number of rotatable bonds is 7. The zero-order valence-corrected chi connectivity index (χ0v) is 30.4. The molecule has 0 heterocycles. The third kappa shape index (κ3) is 14.1. The van der Waals surface area contributed by atoms with Crippen molar-refractivity contribution in [2.75, 3.05) is 13.1 Å². The van der Waals surface area contributed by atoms with Crippen molar-refractivity contribution in [3.05, 3.63) is 107 Å². The first-order valence-electron chi connectivity index (χ1n) is 15.6. The van der Waals surface area contributed by atoms with Gasteiger partial charge in [0.2, 0.25) is 0 Å². The van der Waals surface area contributed by atoms with Crippen LogP contribution in [-0.2, 0) is 37.2 Å². The van der Waals surface area contributed by atoms with E-state index in [0.29, 0.717) is 24.2 Å². The summed E-state index contributed by atoms with van der Waals surface area (Å²) in [7, 11) is 0. The molecule has 4 rings (SSSR count). The maximum Gasteiger partial charge on any atom is 2.00 e. The third-order valence-corrected chi connectivity index (χ3v) is 6.93. The zero-order chi connectivity index (χ0) is 36.1. The fourth-order valence-corrected chi connectivity index (χ4v) is 4.69. The number of hydrogen-bond donors (Lipinski definition) is 2. The van der Waals surface area contributed by atoms with E-state index in [1.165, 1.54) is 0 Å². The number of carbonyl (C=O) groups is 2. The summed E-state index contributed by atoms with van der Waals surface area (Å²) in [6, 6.07) is 28.4. The first kappa shape index (κ1) is 42.3. The number of benzene rings is 4. The molecule has 261 valence electrons. The Hall–Kier alpha value is -4.73. The molecule has 0 aromatic heterocycles. The van der Waals surface area contributed by atoms with Gasteiger partial charge in [-0.3, -0.25) is 9.98 Å². The number of aromatic hydroxyl groups is 2. The molecule has 0 unspecified atom stereocenters. The molecule has 0 bridgehead atoms. The molecular weight excluding hydrogens is 663 g/mol. The molecule has 49 heavy (non-hydrogen) atoms. The van der Waals surface area contributed by atoms with Crippen LogP contribution in [0.15, 0.2) is 94.9 Å². The Kier molecular flexibility index (Phi) is 16.7. The fourth-order valence-electron chi connectivity index (χ4n) is 4.69. The molecule has 0 saturated carbocycles. The Labute approximate surface area is 300 Å². The van der Waals surface area contributed by atoms with Gasteiger partial charge in [-0.1, -0.05) is 102 Å². The number of hydrogen-bond acceptors (Lipinski definition) is 8. The molecule has 2 N–H and O–H groups in total. The van der Waals surface area contributed by atoms with Crippen molar-refractivity contribution >= 4 is 24.4 Å². The Morgan fingerprint density at radius 3 is 1.14 bits per heavy atom. The second-order valence-electron chi connectivity index (χ2n) is 13.2. The van der Waals surface area contributed by atoms with Crippen LogP contribution in [-0.4, -0.2) is 47.7 Å². The molecule has 0 fully saturated rings. The molecule has 0 aliphatic carbocycles. The summed E-state index contributed by atoms with van der Waals surface area (Å²) in [4.78, 5) is 26.9. The number of nitrogens with zero attached hydrogens (tertiary/aromatic N) is 2. The van der Waals surface area contributed by atoms with E-state index < -0.39 is 11.9 Å². The van der Waals surface area contributed by atoms with E-state index in [2.05, 4.69) is 87.9 Å². The number of carboxylic acids is 2. The topological polar surface area (TPSA) is 145 Å². The van der Waals surface area contributed by atoms with E-state index in [0.717, 1.165) is 47.2 Å². The number of phenols is 2. The first-order valence-corrected chi connectivity index (χ1v) is 15.6. The average molecular weight is 710 g/mol. The van der Waals surface area contributed by atoms with Gasteiger partial charge in [0, 0.05) is 46.6 Å². The van der Waals surface area contributed by atoms with E-state index in [1.807, 2.05) is 48.5 Å². The number of carbonyl (C=O) groups excluding carboxylic acids is 2. The average Bonchev–Trinajstić information content (AvgIpc) is 2.99. The predicted octanol–water partition coefficient (Wildman–Crippen LogP) is 6.07. The summed E-state index contributed by atoms with van der Waals surface area (Å²) >= 11 is 0. The van der Waals surface area contributed by atoms with E-state index in [-0.39, 0.29) is 39.1 Å². The SMILES string of the molecule is CC(=O)[O-].CC(=O)[O-].CC(C)(C)c1cc(-c2ccccc2)cc(C=NCCN=Cc2cc(-c3ccccc3)cc(C(C)(C)C)c2O)c1O.[Co+2]. The van der Waals surface area contributed by atoms with Crippen LogP contribution < -0.4 is 10.2 Å². The van der Waals surface area contributed by atoms with Gasteiger partial charge < -0.3 is 30.0 Å². The molecular formula is C40H46CoN2O6. The van der Waals surface area contributed by atoms with Crippen LogP contribution in [0.3, 0.4) is 0 Å². The minimum atomic E-state index is -1.08. The molecule has 4 aromatic rings. The summed E-state index contributed by atoms with van der Waals surface area (Å²) in [6.07, 6.45) is 3.47. The van der Waals surface area contributed by atoms with Gasteiger partial charge >= 0.3 is 16.8 Å². The number of phenolic OH excluding ortho intramolecular Hbond substituents is 2. The van der Waals surface area contributed by atoms with Crippen molar-refractivity contribution in [1.29, 1.82) is 0 Å². The van der Waals surface area contributed by atoms with Crippen molar-refractivity contribution < 1.29 is 46.8 Å². The summed E-state index contributed by atoms with van der Waals surface area (Å²) in [6.45, 7) is 15.4. The molecule has 1 radical (unpaired) electrons. The molecule has 0 aliphatic rings. The van der Waals surface area contributed by atoms with Crippen LogP contribution in [0.5, 0.6) is 11.5 Å². The standard InChI is InChI=1S/C36H40N2O2.2C2H4O2.Co/c1-35(2,3)31-21-27(25-13-9-7-10-14-25)19-29(33(31)39)23-37-17-18-38-24-30-20-28(26-15-11-8-12-16-26)22-32(34(30)40)36(4,5)6;2*1-2(3)4;/h7-16,19-24,39-40H,17-18H2,1-6H3;2*1H3,(H,3,4);/q;;;+2/p-2. The van der Waals surface area contributed by atoms with E-state index in [4.69, 9.17) is 19.8 Å². The summed E-state index contributed by atoms with van der Waals surface area (Å²) in [5.74, 6) is -1.64. The molecule has 0 aliphatic heterocycles. The summed E-state index contributed by atoms with van der Waals surface area (Å²) < 4.78 is 0. The monoisotopic (exact) mass is 709 g/mol. The van der Waals surface area contributed by atoms with Crippen molar-refractivity contribution in [3.8, 4) is 33.8 Å². The minimum Gasteiger partial charge on any atom is -0.550 e. The third-order valence-electron chi connectivity index (χ3n) is 6.93. The fraction of sp³-hybridized carbons (Fsp3) is 0.300. The smallest absolute Gasteiger partial charge is 0.550 e. The van der Waals surface area contributed by atoms with Crippen molar-refractivity contribution in [2.45, 2.75) is 66.2 Å². The molecule has 8 nitrogen and oxygen atoms in total. The number of aliphatic carboxylic acids is 2. The Bertz CT molecular complexity index is 1590. The van der Waals surface area contributed by atoms with Crippen LogP contribution >= 0.6 is 0 Å². The minimum absolute atomic E-state index is 0. The molecule has 0 atom stereocenters. The van der Waals surface area contributed by atoms with Crippen LogP contribution in [0.4, 0.5) is 0 Å². The maximum absolute atomic E-state index is 11.0. The molecule has 4 aromatic carbocycles. The van der Waals surface area contributed by atoms with E-state index in [9.17, 15) is 10.2 Å².